The van der Waals surface area contributed by atoms with E-state index >= 15 is 0 Å². The second-order valence-electron chi connectivity index (χ2n) is 6.20. The molecule has 0 aliphatic carbocycles. The van der Waals surface area contributed by atoms with E-state index in [0.29, 0.717) is 37.1 Å². The van der Waals surface area contributed by atoms with E-state index in [-0.39, 0.29) is 17.3 Å². The van der Waals surface area contributed by atoms with Gasteiger partial charge in [-0.3, -0.25) is 4.31 Å². The highest BCUT2D eigenvalue weighted by Crippen LogP contribution is 2.33. The molecule has 2 aromatic rings. The van der Waals surface area contributed by atoms with E-state index in [1.165, 1.54) is 4.31 Å². The van der Waals surface area contributed by atoms with Crippen LogP contribution < -0.4 is 14.4 Å². The standard InChI is InChI=1S/C18H22N2O3S.ClH/c1-14(2)13-23-15-7-9-16(10-8-15)24(21,22)20-12-11-19-17-5-3-4-6-18(17)20;/h3-10,14,19H,11-13H2,1-2H3;1H. The zero-order valence-electron chi connectivity index (χ0n) is 14.3. The van der Waals surface area contributed by atoms with Gasteiger partial charge in [-0.05, 0) is 42.3 Å². The van der Waals surface area contributed by atoms with Crippen molar-refractivity contribution in [3.8, 4) is 5.75 Å². The van der Waals surface area contributed by atoms with Crippen LogP contribution >= 0.6 is 12.4 Å². The Labute approximate surface area is 155 Å². The van der Waals surface area contributed by atoms with Crippen molar-refractivity contribution < 1.29 is 13.2 Å². The number of para-hydroxylation sites is 2. The van der Waals surface area contributed by atoms with E-state index in [1.807, 2.05) is 24.3 Å². The van der Waals surface area contributed by atoms with Gasteiger partial charge in [0.2, 0.25) is 0 Å². The summed E-state index contributed by atoms with van der Waals surface area (Å²) in [7, 11) is -3.59. The van der Waals surface area contributed by atoms with Crippen LogP contribution in [0.4, 0.5) is 11.4 Å². The minimum Gasteiger partial charge on any atom is -0.493 e. The zero-order chi connectivity index (χ0) is 17.2. The Hall–Kier alpha value is -1.92. The predicted octanol–water partition coefficient (Wildman–Crippen LogP) is 3.76. The van der Waals surface area contributed by atoms with E-state index in [4.69, 9.17) is 4.74 Å². The van der Waals surface area contributed by atoms with Crippen molar-refractivity contribution in [2.45, 2.75) is 18.7 Å². The molecule has 0 amide bonds. The third-order valence-electron chi connectivity index (χ3n) is 3.80. The molecule has 5 nitrogen and oxygen atoms in total. The number of benzene rings is 2. The molecule has 0 aromatic heterocycles. The maximum absolute atomic E-state index is 13.0. The largest absolute Gasteiger partial charge is 0.493 e. The van der Waals surface area contributed by atoms with Crippen LogP contribution in [0.25, 0.3) is 0 Å². The summed E-state index contributed by atoms with van der Waals surface area (Å²) in [6.45, 7) is 5.75. The van der Waals surface area contributed by atoms with E-state index in [9.17, 15) is 8.42 Å². The van der Waals surface area contributed by atoms with Crippen molar-refractivity contribution in [3.05, 3.63) is 48.5 Å². The van der Waals surface area contributed by atoms with Gasteiger partial charge in [0.15, 0.2) is 0 Å². The lowest BCUT2D eigenvalue weighted by Crippen LogP contribution is -2.38. The quantitative estimate of drug-likeness (QED) is 0.855. The fourth-order valence-electron chi connectivity index (χ4n) is 2.60. The molecular formula is C18H23ClN2O3S. The van der Waals surface area contributed by atoms with Crippen LogP contribution in [-0.2, 0) is 10.0 Å². The molecule has 0 radical (unpaired) electrons. The number of sulfonamides is 1. The lowest BCUT2D eigenvalue weighted by Gasteiger charge is -2.31. The molecule has 0 unspecified atom stereocenters. The van der Waals surface area contributed by atoms with Gasteiger partial charge in [-0.2, -0.15) is 0 Å². The first kappa shape index (κ1) is 19.4. The Morgan fingerprint density at radius 2 is 1.80 bits per heavy atom. The Balaban J connectivity index is 0.00000225. The molecule has 1 aliphatic rings. The topological polar surface area (TPSA) is 58.6 Å². The number of halogens is 1. The Morgan fingerprint density at radius 3 is 2.48 bits per heavy atom. The van der Waals surface area contributed by atoms with Crippen LogP contribution in [0.3, 0.4) is 0 Å². The van der Waals surface area contributed by atoms with E-state index in [2.05, 4.69) is 19.2 Å². The molecular weight excluding hydrogens is 360 g/mol. The number of anilines is 2. The molecule has 0 spiro atoms. The lowest BCUT2D eigenvalue weighted by atomic mass is 10.2. The van der Waals surface area contributed by atoms with Gasteiger partial charge >= 0.3 is 0 Å². The van der Waals surface area contributed by atoms with Crippen LogP contribution in [0.15, 0.2) is 53.4 Å². The fourth-order valence-corrected chi connectivity index (χ4v) is 4.09. The first-order valence-electron chi connectivity index (χ1n) is 8.07. The second kappa shape index (κ2) is 7.97. The van der Waals surface area contributed by atoms with Gasteiger partial charge in [0.25, 0.3) is 10.0 Å². The van der Waals surface area contributed by atoms with Crippen molar-refractivity contribution in [1.29, 1.82) is 0 Å². The third kappa shape index (κ3) is 4.19. The summed E-state index contributed by atoms with van der Waals surface area (Å²) in [4.78, 5) is 0.274. The zero-order valence-corrected chi connectivity index (χ0v) is 15.9. The normalized spacial score (nSPS) is 13.6. The molecule has 1 N–H and O–H groups in total. The molecule has 0 saturated carbocycles. The minimum atomic E-state index is -3.59. The first-order valence-corrected chi connectivity index (χ1v) is 9.51. The molecule has 1 heterocycles. The van der Waals surface area contributed by atoms with Crippen LogP contribution in [0.5, 0.6) is 5.75 Å². The number of fused-ring (bicyclic) bond motifs is 1. The van der Waals surface area contributed by atoms with Gasteiger partial charge in [0, 0.05) is 6.54 Å². The summed E-state index contributed by atoms with van der Waals surface area (Å²) >= 11 is 0. The average molecular weight is 383 g/mol. The number of nitrogens with zero attached hydrogens (tertiary/aromatic N) is 1. The lowest BCUT2D eigenvalue weighted by molar-refractivity contribution is 0.271. The van der Waals surface area contributed by atoms with Crippen molar-refractivity contribution in [2.75, 3.05) is 29.3 Å². The molecule has 3 rings (SSSR count). The Kier molecular flexibility index (Phi) is 6.19. The monoisotopic (exact) mass is 382 g/mol. The summed E-state index contributed by atoms with van der Waals surface area (Å²) < 4.78 is 33.0. The third-order valence-corrected chi connectivity index (χ3v) is 5.63. The van der Waals surface area contributed by atoms with Crippen molar-refractivity contribution in [3.63, 3.8) is 0 Å². The molecule has 1 aliphatic heterocycles. The van der Waals surface area contributed by atoms with Crippen LogP contribution in [0.2, 0.25) is 0 Å². The summed E-state index contributed by atoms with van der Waals surface area (Å²) in [5.74, 6) is 1.11. The van der Waals surface area contributed by atoms with Crippen molar-refractivity contribution in [2.24, 2.45) is 5.92 Å². The maximum atomic E-state index is 13.0. The van der Waals surface area contributed by atoms with Crippen LogP contribution in [-0.4, -0.2) is 28.1 Å². The van der Waals surface area contributed by atoms with Gasteiger partial charge in [-0.25, -0.2) is 8.42 Å². The Bertz CT molecular complexity index is 807. The van der Waals surface area contributed by atoms with Crippen molar-refractivity contribution in [1.82, 2.24) is 0 Å². The van der Waals surface area contributed by atoms with E-state index in [0.717, 1.165) is 5.69 Å². The Morgan fingerprint density at radius 1 is 1.12 bits per heavy atom. The van der Waals surface area contributed by atoms with Gasteiger partial charge < -0.3 is 10.1 Å². The molecule has 0 atom stereocenters. The highest BCUT2D eigenvalue weighted by molar-refractivity contribution is 7.92. The SMILES string of the molecule is CC(C)COc1ccc(S(=O)(=O)N2CCNc3ccccc32)cc1.Cl. The maximum Gasteiger partial charge on any atom is 0.264 e. The van der Waals surface area contributed by atoms with Gasteiger partial charge in [0.05, 0.1) is 29.4 Å². The van der Waals surface area contributed by atoms with Crippen LogP contribution in [0, 0.1) is 5.92 Å². The molecule has 136 valence electrons. The van der Waals surface area contributed by atoms with E-state index in [1.54, 1.807) is 24.3 Å². The molecule has 0 fully saturated rings. The smallest absolute Gasteiger partial charge is 0.264 e. The van der Waals surface area contributed by atoms with Gasteiger partial charge in [0.1, 0.15) is 5.75 Å². The highest BCUT2D eigenvalue weighted by Gasteiger charge is 2.28. The fraction of sp³-hybridized carbons (Fsp3) is 0.333. The molecule has 2 aromatic carbocycles. The van der Waals surface area contributed by atoms with E-state index < -0.39 is 10.0 Å². The minimum absolute atomic E-state index is 0. The molecule has 0 saturated heterocycles. The first-order chi connectivity index (χ1) is 11.5. The number of hydrogen-bond acceptors (Lipinski definition) is 4. The average Bonchev–Trinajstić information content (AvgIpc) is 2.59. The number of ether oxygens (including phenoxy) is 1. The summed E-state index contributed by atoms with van der Waals surface area (Å²) in [6, 6.07) is 14.1. The summed E-state index contributed by atoms with van der Waals surface area (Å²) in [6.07, 6.45) is 0. The molecule has 0 bridgehead atoms. The molecule has 25 heavy (non-hydrogen) atoms. The predicted molar refractivity (Wildman–Crippen MR) is 103 cm³/mol. The number of hydrogen-bond donors (Lipinski definition) is 1. The van der Waals surface area contributed by atoms with Crippen LogP contribution in [0.1, 0.15) is 13.8 Å². The number of rotatable bonds is 5. The summed E-state index contributed by atoms with van der Waals surface area (Å²) in [5.41, 5.74) is 1.52. The molecule has 7 heteroatoms. The second-order valence-corrected chi connectivity index (χ2v) is 8.06. The van der Waals surface area contributed by atoms with Gasteiger partial charge in [-0.1, -0.05) is 26.0 Å². The van der Waals surface area contributed by atoms with Crippen molar-refractivity contribution >= 4 is 33.8 Å². The summed E-state index contributed by atoms with van der Waals surface area (Å²) in [5, 5.41) is 3.23. The van der Waals surface area contributed by atoms with Gasteiger partial charge in [-0.15, -0.1) is 12.4 Å². The number of nitrogens with one attached hydrogen (secondary N) is 1. The highest BCUT2D eigenvalue weighted by atomic mass is 35.5.